The zero-order chi connectivity index (χ0) is 14.7. The van der Waals surface area contributed by atoms with Gasteiger partial charge in [0.1, 0.15) is 9.58 Å². The highest BCUT2D eigenvalue weighted by molar-refractivity contribution is 7.17. The minimum atomic E-state index is -0.956. The zero-order valence-electron chi connectivity index (χ0n) is 9.88. The van der Waals surface area contributed by atoms with Gasteiger partial charge in [-0.2, -0.15) is 0 Å². The minimum Gasteiger partial charge on any atom is -0.477 e. The highest BCUT2D eigenvalue weighted by Gasteiger charge is 2.06. The number of aromatic amines is 2. The zero-order valence-corrected chi connectivity index (χ0v) is 11.5. The van der Waals surface area contributed by atoms with E-state index in [1.807, 2.05) is 0 Å². The lowest BCUT2D eigenvalue weighted by Crippen LogP contribution is -2.20. The lowest BCUT2D eigenvalue weighted by molar-refractivity contribution is 0.0703. The number of carbonyl (C=O) groups is 1. The quantitative estimate of drug-likeness (QED) is 0.538. The molecule has 0 aliphatic heterocycles. The number of carboxylic acids is 1. The Kier molecular flexibility index (Phi) is 4.01. The number of aromatic nitrogens is 2. The fraction of sp³-hybridized carbons (Fsp3) is 0. The van der Waals surface area contributed by atoms with Crippen molar-refractivity contribution in [2.75, 3.05) is 5.73 Å². The van der Waals surface area contributed by atoms with E-state index >= 15 is 0 Å². The smallest absolute Gasteiger partial charge is 0.348 e. The number of hydrogen-bond acceptors (Lipinski definition) is 6. The van der Waals surface area contributed by atoms with Crippen LogP contribution in [0.25, 0.3) is 10.2 Å². The number of anilines is 1. The summed E-state index contributed by atoms with van der Waals surface area (Å²) >= 11 is 2.44. The first-order chi connectivity index (χ1) is 9.49. The van der Waals surface area contributed by atoms with Crippen LogP contribution in [-0.2, 0) is 0 Å². The molecule has 3 aromatic rings. The summed E-state index contributed by atoms with van der Waals surface area (Å²) < 4.78 is 0.560. The number of fused-ring (bicyclic) bond motifs is 1. The van der Waals surface area contributed by atoms with Crippen LogP contribution in [0.4, 0.5) is 5.69 Å². The number of nitrogens with one attached hydrogen (secondary N) is 2. The van der Waals surface area contributed by atoms with Crippen LogP contribution in [0.15, 0.2) is 32.5 Å². The summed E-state index contributed by atoms with van der Waals surface area (Å²) in [5.74, 6) is -0.956. The number of H-pyrrole nitrogens is 2. The van der Waals surface area contributed by atoms with Crippen LogP contribution in [0.2, 0.25) is 0 Å². The third-order valence-electron chi connectivity index (χ3n) is 2.24. The van der Waals surface area contributed by atoms with Gasteiger partial charge in [-0.15, -0.1) is 22.7 Å². The lowest BCUT2D eigenvalue weighted by atomic mass is 10.4. The van der Waals surface area contributed by atoms with E-state index < -0.39 is 11.7 Å². The summed E-state index contributed by atoms with van der Waals surface area (Å²) in [4.78, 5) is 36.8. The van der Waals surface area contributed by atoms with Crippen molar-refractivity contribution < 1.29 is 9.90 Å². The lowest BCUT2D eigenvalue weighted by Gasteiger charge is -1.86. The maximum absolute atomic E-state index is 11.0. The van der Waals surface area contributed by atoms with Crippen LogP contribution < -0.4 is 17.0 Å². The number of carboxylic acid groups (broad SMARTS) is 1. The van der Waals surface area contributed by atoms with Crippen LogP contribution in [-0.4, -0.2) is 21.0 Å². The third-order valence-corrected chi connectivity index (χ3v) is 4.07. The predicted molar refractivity (Wildman–Crippen MR) is 78.8 cm³/mol. The summed E-state index contributed by atoms with van der Waals surface area (Å²) in [6.07, 6.45) is 0. The van der Waals surface area contributed by atoms with Gasteiger partial charge in [0, 0.05) is 0 Å². The van der Waals surface area contributed by atoms with Crippen molar-refractivity contribution in [1.29, 1.82) is 0 Å². The van der Waals surface area contributed by atoms with Crippen LogP contribution >= 0.6 is 22.7 Å². The van der Waals surface area contributed by atoms with Gasteiger partial charge in [-0.05, 0) is 22.9 Å². The molecule has 3 aromatic heterocycles. The van der Waals surface area contributed by atoms with Crippen LogP contribution in [0.1, 0.15) is 9.67 Å². The topological polar surface area (TPSA) is 129 Å². The van der Waals surface area contributed by atoms with E-state index in [2.05, 4.69) is 9.97 Å². The molecule has 0 bridgehead atoms. The van der Waals surface area contributed by atoms with Crippen LogP contribution in [0, 0.1) is 0 Å². The van der Waals surface area contributed by atoms with E-state index in [0.717, 1.165) is 11.3 Å². The first kappa shape index (κ1) is 14.0. The van der Waals surface area contributed by atoms with Crippen LogP contribution in [0.3, 0.4) is 0 Å². The first-order valence-corrected chi connectivity index (χ1v) is 7.01. The van der Waals surface area contributed by atoms with E-state index in [1.54, 1.807) is 22.9 Å². The Morgan fingerprint density at radius 2 is 1.85 bits per heavy atom. The molecule has 0 amide bonds. The van der Waals surface area contributed by atoms with Crippen molar-refractivity contribution in [1.82, 2.24) is 9.97 Å². The number of rotatable bonds is 1. The van der Waals surface area contributed by atoms with Crippen molar-refractivity contribution in [2.24, 2.45) is 0 Å². The second kappa shape index (κ2) is 5.72. The van der Waals surface area contributed by atoms with Gasteiger partial charge in [-0.25, -0.2) is 9.59 Å². The molecule has 0 aromatic carbocycles. The number of aromatic carboxylic acids is 1. The van der Waals surface area contributed by atoms with E-state index in [1.165, 1.54) is 11.3 Å². The predicted octanol–water partition coefficient (Wildman–Crippen LogP) is 1.31. The monoisotopic (exact) mass is 311 g/mol. The van der Waals surface area contributed by atoms with Gasteiger partial charge in [0.05, 0.1) is 11.2 Å². The van der Waals surface area contributed by atoms with E-state index in [-0.39, 0.29) is 10.4 Å². The Morgan fingerprint density at radius 3 is 2.40 bits per heavy atom. The fourth-order valence-corrected chi connectivity index (χ4v) is 2.79. The molecule has 0 aliphatic rings. The molecule has 0 saturated carbocycles. The molecule has 0 spiro atoms. The van der Waals surface area contributed by atoms with Gasteiger partial charge in [0.2, 0.25) is 0 Å². The minimum absolute atomic E-state index is 0.218. The standard InChI is InChI=1S/C6H4N2O2S.C5H5NO2S/c9-5-4-3(1-2-11-4)7-6(10)8-5;6-3-1-2-9-4(3)5(7)8/h1-2H,(H2,7,8,9,10);1-2H,6H2,(H,7,8). The summed E-state index contributed by atoms with van der Waals surface area (Å²) in [7, 11) is 0. The number of nitrogens with two attached hydrogens (primary N) is 1. The highest BCUT2D eigenvalue weighted by atomic mass is 32.1. The Bertz CT molecular complexity index is 858. The first-order valence-electron chi connectivity index (χ1n) is 5.25. The van der Waals surface area contributed by atoms with Gasteiger partial charge in [-0.1, -0.05) is 0 Å². The van der Waals surface area contributed by atoms with Crippen molar-refractivity contribution in [3.8, 4) is 0 Å². The number of nitrogen functional groups attached to an aromatic ring is 1. The number of hydrogen-bond donors (Lipinski definition) is 4. The van der Waals surface area contributed by atoms with E-state index in [9.17, 15) is 14.4 Å². The largest absolute Gasteiger partial charge is 0.477 e. The second-order valence-electron chi connectivity index (χ2n) is 3.58. The maximum atomic E-state index is 11.0. The average Bonchev–Trinajstić information content (AvgIpc) is 2.98. The molecule has 7 nitrogen and oxygen atoms in total. The normalized spacial score (nSPS) is 10.0. The average molecular weight is 311 g/mol. The molecule has 0 atom stereocenters. The van der Waals surface area contributed by atoms with Gasteiger partial charge in [0.15, 0.2) is 0 Å². The third kappa shape index (κ3) is 2.95. The maximum Gasteiger partial charge on any atom is 0.348 e. The Hall–Kier alpha value is -2.39. The molecule has 104 valence electrons. The highest BCUT2D eigenvalue weighted by Crippen LogP contribution is 2.17. The summed E-state index contributed by atoms with van der Waals surface area (Å²) in [6, 6.07) is 3.28. The molecule has 0 unspecified atom stereocenters. The Labute approximate surface area is 119 Å². The van der Waals surface area contributed by atoms with Gasteiger partial charge < -0.3 is 15.8 Å². The van der Waals surface area contributed by atoms with Crippen molar-refractivity contribution in [2.45, 2.75) is 0 Å². The molecule has 9 heteroatoms. The molecular weight excluding hydrogens is 302 g/mol. The van der Waals surface area contributed by atoms with E-state index in [0.29, 0.717) is 15.9 Å². The Morgan fingerprint density at radius 1 is 1.15 bits per heavy atom. The van der Waals surface area contributed by atoms with Crippen molar-refractivity contribution in [3.63, 3.8) is 0 Å². The Balaban J connectivity index is 0.000000151. The molecule has 3 rings (SSSR count). The molecular formula is C11H9N3O4S2. The molecule has 0 aliphatic carbocycles. The van der Waals surface area contributed by atoms with Crippen LogP contribution in [0.5, 0.6) is 0 Å². The summed E-state index contributed by atoms with van der Waals surface area (Å²) in [5.41, 5.74) is 5.43. The summed E-state index contributed by atoms with van der Waals surface area (Å²) in [5, 5.41) is 11.8. The molecule has 0 saturated heterocycles. The second-order valence-corrected chi connectivity index (χ2v) is 5.41. The van der Waals surface area contributed by atoms with Crippen molar-refractivity contribution in [3.05, 3.63) is 48.6 Å². The van der Waals surface area contributed by atoms with Gasteiger partial charge in [0.25, 0.3) is 5.56 Å². The van der Waals surface area contributed by atoms with Gasteiger partial charge in [-0.3, -0.25) is 9.78 Å². The fourth-order valence-electron chi connectivity index (χ4n) is 1.39. The molecule has 0 radical (unpaired) electrons. The van der Waals surface area contributed by atoms with Crippen molar-refractivity contribution >= 4 is 44.5 Å². The van der Waals surface area contributed by atoms with Gasteiger partial charge >= 0.3 is 11.7 Å². The number of thiophene rings is 2. The SMILES string of the molecule is Nc1ccsc1C(=O)O.O=c1[nH]c(=O)c2sccc2[nH]1. The van der Waals surface area contributed by atoms with E-state index in [4.69, 9.17) is 10.8 Å². The molecule has 3 heterocycles. The molecule has 5 N–H and O–H groups in total. The molecule has 20 heavy (non-hydrogen) atoms. The summed E-state index contributed by atoms with van der Waals surface area (Å²) in [6.45, 7) is 0. The molecule has 0 fully saturated rings.